The number of aliphatic imine (C=N–C) groups is 1. The largest absolute Gasteiger partial charge is 0.573 e. The normalized spacial score (nSPS) is 16.7. The number of piperidine rings is 1. The molecule has 1 saturated heterocycles. The van der Waals surface area contributed by atoms with E-state index in [1.807, 2.05) is 0 Å². The minimum absolute atomic E-state index is 0. The summed E-state index contributed by atoms with van der Waals surface area (Å²) in [4.78, 5) is 6.43. The van der Waals surface area contributed by atoms with Gasteiger partial charge < -0.3 is 20.3 Å². The Hall–Kier alpha value is -1.23. The molecule has 1 fully saturated rings. The number of hydrogen-bond acceptors (Lipinski definition) is 3. The van der Waals surface area contributed by atoms with Crippen molar-refractivity contribution >= 4 is 29.9 Å². The Kier molecular flexibility index (Phi) is 9.48. The van der Waals surface area contributed by atoms with Crippen molar-refractivity contribution in [1.29, 1.82) is 0 Å². The summed E-state index contributed by atoms with van der Waals surface area (Å²) in [5, 5.41) is 6.29. The van der Waals surface area contributed by atoms with Crippen LogP contribution in [0.2, 0.25) is 0 Å². The molecule has 0 unspecified atom stereocenters. The number of benzene rings is 1. The number of likely N-dealkylation sites (tertiary alicyclic amines) is 1. The van der Waals surface area contributed by atoms with Gasteiger partial charge in [-0.1, -0.05) is 18.2 Å². The van der Waals surface area contributed by atoms with Gasteiger partial charge in [0.15, 0.2) is 5.96 Å². The molecule has 9 heteroatoms. The molecule has 5 nitrogen and oxygen atoms in total. The number of alkyl halides is 3. The zero-order chi connectivity index (χ0) is 18.3. The zero-order valence-corrected chi connectivity index (χ0v) is 17.3. The summed E-state index contributed by atoms with van der Waals surface area (Å²) in [6.45, 7) is 3.16. The highest BCUT2D eigenvalue weighted by Crippen LogP contribution is 2.26. The summed E-state index contributed by atoms with van der Waals surface area (Å²) in [6, 6.07) is 6.09. The number of rotatable bonds is 5. The standard InChI is InChI=1S/C17H25F3N4O.HI/c1-21-16(22-11-13-7-9-24(2)10-8-13)23-12-14-5-3-4-6-15(14)25-17(18,19)20;/h3-6,13H,7-12H2,1-2H3,(H2,21,22,23);1H. The molecule has 0 radical (unpaired) electrons. The monoisotopic (exact) mass is 486 g/mol. The van der Waals surface area contributed by atoms with Gasteiger partial charge in [-0.05, 0) is 45.0 Å². The summed E-state index contributed by atoms with van der Waals surface area (Å²) >= 11 is 0. The van der Waals surface area contributed by atoms with E-state index in [4.69, 9.17) is 0 Å². The van der Waals surface area contributed by atoms with Crippen molar-refractivity contribution in [3.8, 4) is 5.75 Å². The van der Waals surface area contributed by atoms with Crippen LogP contribution in [0.3, 0.4) is 0 Å². The molecule has 148 valence electrons. The predicted octanol–water partition coefficient (Wildman–Crippen LogP) is 3.21. The average molecular weight is 486 g/mol. The number of halogens is 4. The summed E-state index contributed by atoms with van der Waals surface area (Å²) in [7, 11) is 3.76. The second kappa shape index (κ2) is 10.8. The number of guanidine groups is 1. The summed E-state index contributed by atoms with van der Waals surface area (Å²) in [5.74, 6) is 0.949. The van der Waals surface area contributed by atoms with Gasteiger partial charge in [0, 0.05) is 25.7 Å². The molecule has 1 aromatic rings. The van der Waals surface area contributed by atoms with Gasteiger partial charge in [-0.2, -0.15) is 0 Å². The zero-order valence-electron chi connectivity index (χ0n) is 15.0. The first-order valence-electron chi connectivity index (χ1n) is 8.34. The van der Waals surface area contributed by atoms with Crippen LogP contribution in [0.1, 0.15) is 18.4 Å². The maximum atomic E-state index is 12.5. The molecule has 2 N–H and O–H groups in total. The first-order chi connectivity index (χ1) is 11.9. The molecule has 1 aromatic carbocycles. The maximum Gasteiger partial charge on any atom is 0.573 e. The maximum absolute atomic E-state index is 12.5. The lowest BCUT2D eigenvalue weighted by atomic mass is 9.97. The quantitative estimate of drug-likeness (QED) is 0.382. The highest BCUT2D eigenvalue weighted by Gasteiger charge is 2.31. The van der Waals surface area contributed by atoms with Crippen molar-refractivity contribution in [1.82, 2.24) is 15.5 Å². The molecule has 26 heavy (non-hydrogen) atoms. The lowest BCUT2D eigenvalue weighted by Gasteiger charge is -2.29. The van der Waals surface area contributed by atoms with E-state index in [0.29, 0.717) is 17.4 Å². The molecular weight excluding hydrogens is 460 g/mol. The van der Waals surface area contributed by atoms with Gasteiger partial charge in [-0.15, -0.1) is 37.1 Å². The smallest absolute Gasteiger partial charge is 0.405 e. The van der Waals surface area contributed by atoms with Crippen LogP contribution in [0.5, 0.6) is 5.75 Å². The molecule has 0 aromatic heterocycles. The molecule has 1 aliphatic heterocycles. The Balaban J connectivity index is 0.00000338. The van der Waals surface area contributed by atoms with Crippen LogP contribution in [-0.2, 0) is 6.54 Å². The van der Waals surface area contributed by atoms with E-state index in [-0.39, 0.29) is 36.3 Å². The lowest BCUT2D eigenvalue weighted by Crippen LogP contribution is -2.42. The van der Waals surface area contributed by atoms with Gasteiger partial charge in [0.05, 0.1) is 0 Å². The Labute approximate surface area is 169 Å². The van der Waals surface area contributed by atoms with E-state index in [1.54, 1.807) is 19.2 Å². The van der Waals surface area contributed by atoms with Crippen LogP contribution in [0.15, 0.2) is 29.3 Å². The van der Waals surface area contributed by atoms with Crippen LogP contribution in [-0.4, -0.2) is 51.0 Å². The minimum Gasteiger partial charge on any atom is -0.405 e. The molecule has 2 rings (SSSR count). The van der Waals surface area contributed by atoms with E-state index in [9.17, 15) is 13.2 Å². The Bertz CT molecular complexity index is 575. The van der Waals surface area contributed by atoms with Gasteiger partial charge in [-0.25, -0.2) is 0 Å². The molecule has 0 atom stereocenters. The third-order valence-electron chi connectivity index (χ3n) is 4.26. The topological polar surface area (TPSA) is 48.9 Å². The summed E-state index contributed by atoms with van der Waals surface area (Å²) in [6.07, 6.45) is -2.45. The van der Waals surface area contributed by atoms with E-state index in [1.165, 1.54) is 12.1 Å². The Morgan fingerprint density at radius 1 is 1.23 bits per heavy atom. The van der Waals surface area contributed by atoms with Gasteiger partial charge in [0.2, 0.25) is 0 Å². The van der Waals surface area contributed by atoms with Crippen molar-refractivity contribution in [2.24, 2.45) is 10.9 Å². The van der Waals surface area contributed by atoms with Crippen molar-refractivity contribution < 1.29 is 17.9 Å². The molecule has 0 saturated carbocycles. The van der Waals surface area contributed by atoms with Gasteiger partial charge in [0.25, 0.3) is 0 Å². The third kappa shape index (κ3) is 7.98. The second-order valence-electron chi connectivity index (χ2n) is 6.21. The van der Waals surface area contributed by atoms with Crippen molar-refractivity contribution in [2.75, 3.05) is 33.7 Å². The highest BCUT2D eigenvalue weighted by molar-refractivity contribution is 14.0. The van der Waals surface area contributed by atoms with E-state index in [2.05, 4.69) is 32.3 Å². The lowest BCUT2D eigenvalue weighted by molar-refractivity contribution is -0.274. The van der Waals surface area contributed by atoms with Crippen LogP contribution >= 0.6 is 24.0 Å². The van der Waals surface area contributed by atoms with Crippen LogP contribution in [0.4, 0.5) is 13.2 Å². The molecule has 0 amide bonds. The highest BCUT2D eigenvalue weighted by atomic mass is 127. The van der Waals surface area contributed by atoms with E-state index < -0.39 is 6.36 Å². The summed E-state index contributed by atoms with van der Waals surface area (Å²) in [5.41, 5.74) is 0.419. The predicted molar refractivity (Wildman–Crippen MR) is 107 cm³/mol. The molecule has 0 spiro atoms. The van der Waals surface area contributed by atoms with Gasteiger partial charge >= 0.3 is 6.36 Å². The molecule has 1 aliphatic rings. The first kappa shape index (κ1) is 22.8. The Morgan fingerprint density at radius 3 is 2.50 bits per heavy atom. The first-order valence-corrected chi connectivity index (χ1v) is 8.34. The molecule has 0 aliphatic carbocycles. The van der Waals surface area contributed by atoms with Gasteiger partial charge in [0.1, 0.15) is 5.75 Å². The van der Waals surface area contributed by atoms with Crippen molar-refractivity contribution in [2.45, 2.75) is 25.7 Å². The second-order valence-corrected chi connectivity index (χ2v) is 6.21. The minimum atomic E-state index is -4.70. The molecule has 0 bridgehead atoms. The fraction of sp³-hybridized carbons (Fsp3) is 0.588. The van der Waals surface area contributed by atoms with Crippen LogP contribution < -0.4 is 15.4 Å². The SMILES string of the molecule is CN=C(NCc1ccccc1OC(F)(F)F)NCC1CCN(C)CC1.I. The number of ether oxygens (including phenoxy) is 1. The van der Waals surface area contributed by atoms with Gasteiger partial charge in [-0.3, -0.25) is 4.99 Å². The number of nitrogens with zero attached hydrogens (tertiary/aromatic N) is 2. The Morgan fingerprint density at radius 2 is 1.88 bits per heavy atom. The van der Waals surface area contributed by atoms with Crippen molar-refractivity contribution in [3.63, 3.8) is 0 Å². The molecular formula is C17H26F3IN4O. The fourth-order valence-corrected chi connectivity index (χ4v) is 2.78. The number of para-hydroxylation sites is 1. The molecule has 1 heterocycles. The van der Waals surface area contributed by atoms with E-state index in [0.717, 1.165) is 32.5 Å². The van der Waals surface area contributed by atoms with E-state index >= 15 is 0 Å². The van der Waals surface area contributed by atoms with Crippen LogP contribution in [0.25, 0.3) is 0 Å². The number of hydrogen-bond donors (Lipinski definition) is 2. The fourth-order valence-electron chi connectivity index (χ4n) is 2.78. The third-order valence-corrected chi connectivity index (χ3v) is 4.26. The summed E-state index contributed by atoms with van der Waals surface area (Å²) < 4.78 is 41.4. The average Bonchev–Trinajstić information content (AvgIpc) is 2.56. The van der Waals surface area contributed by atoms with Crippen LogP contribution in [0, 0.1) is 5.92 Å². The number of nitrogens with one attached hydrogen (secondary N) is 2. The van der Waals surface area contributed by atoms with Crippen molar-refractivity contribution in [3.05, 3.63) is 29.8 Å².